The first-order chi connectivity index (χ1) is 6.55. The van der Waals surface area contributed by atoms with E-state index in [4.69, 9.17) is 19.6 Å². The SMILES string of the molecule is CC(=O)CCCC(P(=O)(O)O)P(O)(O)=S. The fourth-order valence-corrected chi connectivity index (χ4v) is 5.09. The fraction of sp³-hybridized carbons (Fsp3) is 0.833. The summed E-state index contributed by atoms with van der Waals surface area (Å²) in [6, 6.07) is 0. The molecule has 1 atom stereocenters. The van der Waals surface area contributed by atoms with E-state index in [0.29, 0.717) is 0 Å². The van der Waals surface area contributed by atoms with Crippen molar-refractivity contribution >= 4 is 31.7 Å². The summed E-state index contributed by atoms with van der Waals surface area (Å²) in [6.45, 7) is -2.65. The zero-order valence-corrected chi connectivity index (χ0v) is 10.7. The highest BCUT2D eigenvalue weighted by Gasteiger charge is 2.38. The lowest BCUT2D eigenvalue weighted by Gasteiger charge is -2.21. The average Bonchev–Trinajstić information content (AvgIpc) is 1.92. The standard InChI is InChI=1S/C6H14O6P2S/c1-5(7)3-2-4-6(13(8,9)10)14(11,12)15/h6H,2-4H2,1H3,(H2,8,9,10)(H2,11,12,15). The molecule has 9 heteroatoms. The number of carbonyl (C=O) groups is 1. The van der Waals surface area contributed by atoms with Crippen molar-refractivity contribution in [2.75, 3.05) is 0 Å². The second kappa shape index (κ2) is 5.64. The summed E-state index contributed by atoms with van der Waals surface area (Å²) in [5, 5.41) is -1.63. The van der Waals surface area contributed by atoms with Crippen molar-refractivity contribution in [3.8, 4) is 0 Å². The summed E-state index contributed by atoms with van der Waals surface area (Å²) >= 11 is 4.28. The van der Waals surface area contributed by atoms with Crippen LogP contribution in [0.5, 0.6) is 0 Å². The van der Waals surface area contributed by atoms with Gasteiger partial charge in [0.2, 0.25) is 0 Å². The second-order valence-electron chi connectivity index (χ2n) is 3.25. The van der Waals surface area contributed by atoms with Gasteiger partial charge in [0.25, 0.3) is 0 Å². The van der Waals surface area contributed by atoms with Crippen LogP contribution < -0.4 is 0 Å². The lowest BCUT2D eigenvalue weighted by Crippen LogP contribution is -2.09. The van der Waals surface area contributed by atoms with Crippen LogP contribution in [0.2, 0.25) is 0 Å². The number of hydrogen-bond acceptors (Lipinski definition) is 3. The number of carbonyl (C=O) groups excluding carboxylic acids is 1. The molecule has 0 spiro atoms. The first kappa shape index (κ1) is 15.4. The molecule has 4 N–H and O–H groups in total. The molecule has 0 aromatic rings. The highest BCUT2D eigenvalue weighted by molar-refractivity contribution is 8.11. The van der Waals surface area contributed by atoms with Crippen LogP contribution in [0.25, 0.3) is 0 Å². The van der Waals surface area contributed by atoms with Gasteiger partial charge < -0.3 is 24.4 Å². The Morgan fingerprint density at radius 3 is 2.07 bits per heavy atom. The Morgan fingerprint density at radius 1 is 1.33 bits per heavy atom. The lowest BCUT2D eigenvalue weighted by atomic mass is 10.2. The van der Waals surface area contributed by atoms with E-state index in [1.807, 2.05) is 0 Å². The van der Waals surface area contributed by atoms with Gasteiger partial charge in [-0.05, 0) is 31.6 Å². The van der Waals surface area contributed by atoms with Gasteiger partial charge in [-0.2, -0.15) is 0 Å². The highest BCUT2D eigenvalue weighted by atomic mass is 32.5. The lowest BCUT2D eigenvalue weighted by molar-refractivity contribution is -0.117. The van der Waals surface area contributed by atoms with Crippen molar-refractivity contribution in [2.24, 2.45) is 0 Å². The van der Waals surface area contributed by atoms with E-state index in [9.17, 15) is 9.36 Å². The van der Waals surface area contributed by atoms with E-state index >= 15 is 0 Å². The maximum absolute atomic E-state index is 10.9. The molecule has 90 valence electrons. The van der Waals surface area contributed by atoms with Gasteiger partial charge in [0, 0.05) is 6.42 Å². The fourth-order valence-electron chi connectivity index (χ4n) is 1.07. The molecule has 0 bridgehead atoms. The van der Waals surface area contributed by atoms with Crippen molar-refractivity contribution < 1.29 is 28.9 Å². The van der Waals surface area contributed by atoms with Gasteiger partial charge in [0.1, 0.15) is 11.2 Å². The van der Waals surface area contributed by atoms with Crippen LogP contribution in [0, 0.1) is 0 Å². The van der Waals surface area contributed by atoms with Gasteiger partial charge in [0.15, 0.2) is 6.49 Å². The van der Waals surface area contributed by atoms with E-state index in [-0.39, 0.29) is 25.0 Å². The van der Waals surface area contributed by atoms with Crippen LogP contribution >= 0.6 is 14.1 Å². The molecule has 0 radical (unpaired) electrons. The van der Waals surface area contributed by atoms with Crippen molar-refractivity contribution in [2.45, 2.75) is 31.6 Å². The third-order valence-corrected chi connectivity index (χ3v) is 6.94. The molecule has 0 saturated heterocycles. The van der Waals surface area contributed by atoms with Crippen LogP contribution in [0.3, 0.4) is 0 Å². The third kappa shape index (κ3) is 6.53. The van der Waals surface area contributed by atoms with Gasteiger partial charge in [-0.3, -0.25) is 4.57 Å². The molecule has 1 unspecified atom stereocenters. The summed E-state index contributed by atoms with van der Waals surface area (Å²) in [5.74, 6) is -0.122. The predicted octanol–water partition coefficient (Wildman–Crippen LogP) is 0.544. The minimum Gasteiger partial charge on any atom is -0.345 e. The molecule has 0 rings (SSSR count). The number of hydrogen-bond donors (Lipinski definition) is 4. The van der Waals surface area contributed by atoms with Crippen molar-refractivity contribution in [1.29, 1.82) is 0 Å². The zero-order chi connectivity index (χ0) is 12.3. The number of rotatable bonds is 6. The maximum atomic E-state index is 10.9. The molecule has 6 nitrogen and oxygen atoms in total. The first-order valence-electron chi connectivity index (χ1n) is 4.15. The van der Waals surface area contributed by atoms with Crippen LogP contribution in [0.4, 0.5) is 0 Å². The summed E-state index contributed by atoms with van der Waals surface area (Å²) in [4.78, 5) is 46.4. The second-order valence-corrected chi connectivity index (χ2v) is 8.88. The third-order valence-electron chi connectivity index (χ3n) is 1.77. The molecular formula is C6H14O6P2S. The Kier molecular flexibility index (Phi) is 5.79. The summed E-state index contributed by atoms with van der Waals surface area (Å²) in [7, 11) is -4.62. The molecule has 0 saturated carbocycles. The van der Waals surface area contributed by atoms with Crippen LogP contribution in [-0.2, 0) is 21.2 Å². The molecule has 0 aliphatic rings. The Morgan fingerprint density at radius 2 is 1.80 bits per heavy atom. The van der Waals surface area contributed by atoms with Gasteiger partial charge >= 0.3 is 7.60 Å². The van der Waals surface area contributed by atoms with Crippen molar-refractivity contribution in [1.82, 2.24) is 0 Å². The Hall–Kier alpha value is 0.390. The minimum atomic E-state index is -4.62. The van der Waals surface area contributed by atoms with Gasteiger partial charge in [0.05, 0.1) is 0 Å². The molecule has 0 aromatic heterocycles. The van der Waals surface area contributed by atoms with E-state index in [0.717, 1.165) is 0 Å². The Labute approximate surface area is 92.7 Å². The van der Waals surface area contributed by atoms with E-state index in [1.54, 1.807) is 0 Å². The van der Waals surface area contributed by atoms with Gasteiger partial charge in [-0.1, -0.05) is 0 Å². The maximum Gasteiger partial charge on any atom is 0.338 e. The monoisotopic (exact) mass is 276 g/mol. The molecule has 0 heterocycles. The topological polar surface area (TPSA) is 115 Å². The smallest absolute Gasteiger partial charge is 0.338 e. The van der Waals surface area contributed by atoms with Gasteiger partial charge in [-0.25, -0.2) is 0 Å². The average molecular weight is 276 g/mol. The molecule has 0 amide bonds. The van der Waals surface area contributed by atoms with Crippen LogP contribution in [-0.4, -0.2) is 30.8 Å². The summed E-state index contributed by atoms with van der Waals surface area (Å²) < 4.78 is 10.9. The predicted molar refractivity (Wildman–Crippen MR) is 59.1 cm³/mol. The first-order valence-corrected chi connectivity index (χ1v) is 8.61. The van der Waals surface area contributed by atoms with Crippen molar-refractivity contribution in [3.05, 3.63) is 0 Å². The molecule has 0 aliphatic heterocycles. The number of ketones is 1. The molecular weight excluding hydrogens is 262 g/mol. The quantitative estimate of drug-likeness (QED) is 0.523. The van der Waals surface area contributed by atoms with Gasteiger partial charge in [-0.15, -0.1) is 0 Å². The van der Waals surface area contributed by atoms with Crippen LogP contribution in [0.15, 0.2) is 0 Å². The van der Waals surface area contributed by atoms with E-state index in [2.05, 4.69) is 11.8 Å². The van der Waals surface area contributed by atoms with Crippen molar-refractivity contribution in [3.63, 3.8) is 0 Å². The molecule has 0 aromatic carbocycles. The highest BCUT2D eigenvalue weighted by Crippen LogP contribution is 2.61. The molecule has 15 heavy (non-hydrogen) atoms. The Balaban J connectivity index is 4.50. The largest absolute Gasteiger partial charge is 0.345 e. The van der Waals surface area contributed by atoms with E-state index < -0.39 is 19.5 Å². The minimum absolute atomic E-state index is 0.122. The van der Waals surface area contributed by atoms with Crippen LogP contribution in [0.1, 0.15) is 26.2 Å². The summed E-state index contributed by atoms with van der Waals surface area (Å²) in [5.41, 5.74) is 0. The normalized spacial score (nSPS) is 15.0. The van der Waals surface area contributed by atoms with E-state index in [1.165, 1.54) is 6.92 Å². The Bertz CT molecular complexity index is 296. The zero-order valence-electron chi connectivity index (χ0n) is 8.11. The summed E-state index contributed by atoms with van der Waals surface area (Å²) in [6.07, 6.45) is 0.171. The number of Topliss-reactive ketones (excluding diaryl/α,β-unsaturated/α-hetero) is 1. The molecule has 0 aliphatic carbocycles. The molecule has 0 fully saturated rings.